The van der Waals surface area contributed by atoms with E-state index in [1.807, 2.05) is 62.5 Å². The molecular formula is C36H37FN6O3S. The van der Waals surface area contributed by atoms with E-state index in [1.165, 1.54) is 12.3 Å². The van der Waals surface area contributed by atoms with Gasteiger partial charge in [-0.25, -0.2) is 14.4 Å². The third-order valence-corrected chi connectivity index (χ3v) is 8.84. The summed E-state index contributed by atoms with van der Waals surface area (Å²) in [5.74, 6) is 0.290. The molecule has 3 heterocycles. The van der Waals surface area contributed by atoms with Gasteiger partial charge in [-0.2, -0.15) is 4.98 Å². The minimum atomic E-state index is -0.491. The Morgan fingerprint density at radius 1 is 1.06 bits per heavy atom. The summed E-state index contributed by atoms with van der Waals surface area (Å²) in [5, 5.41) is 8.96. The summed E-state index contributed by atoms with van der Waals surface area (Å²) in [4.78, 5) is 29.4. The van der Waals surface area contributed by atoms with Crippen molar-refractivity contribution < 1.29 is 18.7 Å². The molecule has 47 heavy (non-hydrogen) atoms. The van der Waals surface area contributed by atoms with Crippen LogP contribution < -0.4 is 20.1 Å². The highest BCUT2D eigenvalue weighted by molar-refractivity contribution is 7.09. The number of nitrogens with zero attached hydrogens (tertiary/aromatic N) is 4. The molecule has 9 nitrogen and oxygen atoms in total. The second kappa shape index (κ2) is 14.3. The summed E-state index contributed by atoms with van der Waals surface area (Å²) < 4.78 is 27.2. The van der Waals surface area contributed by atoms with Gasteiger partial charge in [0.05, 0.1) is 17.3 Å². The zero-order valence-corrected chi connectivity index (χ0v) is 27.7. The van der Waals surface area contributed by atoms with Gasteiger partial charge in [-0.1, -0.05) is 30.3 Å². The third kappa shape index (κ3) is 7.93. The van der Waals surface area contributed by atoms with Gasteiger partial charge < -0.3 is 25.0 Å². The van der Waals surface area contributed by atoms with Crippen LogP contribution in [0.1, 0.15) is 39.3 Å². The topological polar surface area (TPSA) is 102 Å². The number of thiazole rings is 1. The number of halogens is 1. The number of aromatic nitrogens is 3. The monoisotopic (exact) mass is 652 g/mol. The van der Waals surface area contributed by atoms with Crippen LogP contribution in [0.2, 0.25) is 0 Å². The Bertz CT molecular complexity index is 1880. The molecule has 1 fully saturated rings. The van der Waals surface area contributed by atoms with Crippen LogP contribution in [0.25, 0.3) is 11.3 Å². The molecule has 1 aliphatic rings. The highest BCUT2D eigenvalue weighted by Crippen LogP contribution is 2.31. The molecule has 1 amide bonds. The molecule has 6 rings (SSSR count). The molecule has 0 spiro atoms. The maximum absolute atomic E-state index is 15.1. The van der Waals surface area contributed by atoms with E-state index in [0.717, 1.165) is 53.3 Å². The number of carbonyl (C=O) groups excluding carboxylic acids is 1. The smallest absolute Gasteiger partial charge is 0.262 e. The van der Waals surface area contributed by atoms with Crippen LogP contribution in [0, 0.1) is 32.5 Å². The number of hydrogen-bond acceptors (Lipinski definition) is 9. The maximum atomic E-state index is 15.1. The van der Waals surface area contributed by atoms with Crippen LogP contribution >= 0.6 is 11.3 Å². The van der Waals surface area contributed by atoms with Crippen molar-refractivity contribution >= 4 is 34.6 Å². The Kier molecular flexibility index (Phi) is 9.74. The summed E-state index contributed by atoms with van der Waals surface area (Å²) in [6, 6.07) is 17.9. The van der Waals surface area contributed by atoms with Crippen LogP contribution in [0.4, 0.5) is 21.7 Å². The van der Waals surface area contributed by atoms with E-state index in [1.54, 1.807) is 29.5 Å². The summed E-state index contributed by atoms with van der Waals surface area (Å²) >= 11 is 1.56. The standard InChI is InChI=1S/C36H37FN6O3S/c1-22-8-5-9-23(2)33(22)41-34(44)29-18-38-36(42-35(29)46-28-12-6-11-26(16-28)31-21-47-24(3)39-31)40-27-13-14-32(30(37)17-27)45-20-25-10-7-15-43(4)19-25/h5-6,8-9,11-14,16-18,21,25H,7,10,15,19-20H2,1-4H3,(H,41,44)(H,38,40,42). The number of hydrogen-bond donors (Lipinski definition) is 2. The van der Waals surface area contributed by atoms with Crippen molar-refractivity contribution in [1.82, 2.24) is 19.9 Å². The van der Waals surface area contributed by atoms with Crippen molar-refractivity contribution in [1.29, 1.82) is 0 Å². The summed E-state index contributed by atoms with van der Waals surface area (Å²) in [6.07, 6.45) is 3.58. The number of ether oxygens (including phenoxy) is 2. The first-order valence-corrected chi connectivity index (χ1v) is 16.4. The largest absolute Gasteiger partial charge is 0.490 e. The van der Waals surface area contributed by atoms with Crippen molar-refractivity contribution in [3.8, 4) is 28.6 Å². The zero-order valence-electron chi connectivity index (χ0n) is 26.8. The number of carbonyl (C=O) groups is 1. The van der Waals surface area contributed by atoms with Gasteiger partial charge in [-0.15, -0.1) is 11.3 Å². The molecule has 2 N–H and O–H groups in total. The second-order valence-corrected chi connectivity index (χ2v) is 12.9. The molecule has 1 atom stereocenters. The van der Waals surface area contributed by atoms with E-state index in [4.69, 9.17) is 9.47 Å². The first kappa shape index (κ1) is 32.1. The number of para-hydroxylation sites is 1. The Balaban J connectivity index is 1.25. The summed E-state index contributed by atoms with van der Waals surface area (Å²) in [5.41, 5.74) is 4.81. The molecule has 0 bridgehead atoms. The molecule has 242 valence electrons. The molecule has 2 aromatic heterocycles. The van der Waals surface area contributed by atoms with Crippen molar-refractivity contribution in [3.63, 3.8) is 0 Å². The molecule has 0 aliphatic carbocycles. The predicted octanol–water partition coefficient (Wildman–Crippen LogP) is 8.17. The molecule has 5 aromatic rings. The molecule has 1 aliphatic heterocycles. The molecular weight excluding hydrogens is 616 g/mol. The quantitative estimate of drug-likeness (QED) is 0.156. The fourth-order valence-corrected chi connectivity index (χ4v) is 6.24. The van der Waals surface area contributed by atoms with Gasteiger partial charge in [-0.05, 0) is 82.6 Å². The Morgan fingerprint density at radius 2 is 1.87 bits per heavy atom. The molecule has 11 heteroatoms. The predicted molar refractivity (Wildman–Crippen MR) is 184 cm³/mol. The molecule has 0 saturated carbocycles. The minimum absolute atomic E-state index is 0.0377. The van der Waals surface area contributed by atoms with Crippen LogP contribution in [0.5, 0.6) is 17.4 Å². The van der Waals surface area contributed by atoms with Gasteiger partial charge in [0.15, 0.2) is 11.6 Å². The molecule has 1 unspecified atom stereocenters. The average Bonchev–Trinajstić information content (AvgIpc) is 3.49. The second-order valence-electron chi connectivity index (χ2n) is 11.9. The Labute approximate surface area is 277 Å². The van der Waals surface area contributed by atoms with Gasteiger partial charge in [0.1, 0.15) is 11.3 Å². The number of amides is 1. The minimum Gasteiger partial charge on any atom is -0.490 e. The number of likely N-dealkylation sites (tertiary alicyclic amines) is 1. The Hall–Kier alpha value is -4.87. The lowest BCUT2D eigenvalue weighted by Crippen LogP contribution is -2.34. The number of benzene rings is 3. The zero-order chi connectivity index (χ0) is 32.9. The van der Waals surface area contributed by atoms with Crippen LogP contribution in [-0.2, 0) is 0 Å². The number of piperidine rings is 1. The SMILES string of the molecule is Cc1nc(-c2cccc(Oc3nc(Nc4ccc(OCC5CCCN(C)C5)c(F)c4)ncc3C(=O)Nc3c(C)cccc3C)c2)cs1. The number of rotatable bonds is 10. The van der Waals surface area contributed by atoms with Crippen LogP contribution in [0.3, 0.4) is 0 Å². The number of aryl methyl sites for hydroxylation is 3. The highest BCUT2D eigenvalue weighted by atomic mass is 32.1. The van der Waals surface area contributed by atoms with Gasteiger partial charge in [-0.3, -0.25) is 4.79 Å². The summed E-state index contributed by atoms with van der Waals surface area (Å²) in [6.45, 7) is 8.30. The lowest BCUT2D eigenvalue weighted by Gasteiger charge is -2.29. The van der Waals surface area contributed by atoms with Crippen LogP contribution in [0.15, 0.2) is 72.2 Å². The van der Waals surface area contributed by atoms with E-state index in [-0.39, 0.29) is 23.1 Å². The lowest BCUT2D eigenvalue weighted by atomic mass is 10.00. The molecule has 1 saturated heterocycles. The van der Waals surface area contributed by atoms with Gasteiger partial charge >= 0.3 is 0 Å². The van der Waals surface area contributed by atoms with Gasteiger partial charge in [0.25, 0.3) is 5.91 Å². The van der Waals surface area contributed by atoms with Crippen molar-refractivity contribution in [3.05, 3.63) is 99.8 Å². The van der Waals surface area contributed by atoms with Crippen molar-refractivity contribution in [2.75, 3.05) is 37.4 Å². The maximum Gasteiger partial charge on any atom is 0.262 e. The number of nitrogens with one attached hydrogen (secondary N) is 2. The fraction of sp³-hybridized carbons (Fsp3) is 0.278. The van der Waals surface area contributed by atoms with E-state index in [2.05, 4.69) is 37.5 Å². The van der Waals surface area contributed by atoms with Crippen LogP contribution in [-0.4, -0.2) is 52.5 Å². The average molecular weight is 653 g/mol. The van der Waals surface area contributed by atoms with E-state index in [0.29, 0.717) is 29.6 Å². The number of anilines is 3. The van der Waals surface area contributed by atoms with Gasteiger partial charge in [0.2, 0.25) is 11.8 Å². The molecule has 3 aromatic carbocycles. The molecule has 0 radical (unpaired) electrons. The first-order chi connectivity index (χ1) is 22.7. The first-order valence-electron chi connectivity index (χ1n) is 15.5. The van der Waals surface area contributed by atoms with E-state index in [9.17, 15) is 4.79 Å². The third-order valence-electron chi connectivity index (χ3n) is 8.07. The highest BCUT2D eigenvalue weighted by Gasteiger charge is 2.21. The van der Waals surface area contributed by atoms with Crippen molar-refractivity contribution in [2.24, 2.45) is 5.92 Å². The lowest BCUT2D eigenvalue weighted by molar-refractivity contribution is 0.102. The van der Waals surface area contributed by atoms with E-state index < -0.39 is 11.7 Å². The normalized spacial score (nSPS) is 14.9. The Morgan fingerprint density at radius 3 is 2.62 bits per heavy atom. The fourth-order valence-electron chi connectivity index (χ4n) is 5.62. The van der Waals surface area contributed by atoms with Gasteiger partial charge in [0, 0.05) is 47.0 Å². The van der Waals surface area contributed by atoms with Crippen molar-refractivity contribution in [2.45, 2.75) is 33.6 Å². The van der Waals surface area contributed by atoms with E-state index >= 15 is 4.39 Å². The summed E-state index contributed by atoms with van der Waals surface area (Å²) in [7, 11) is 2.09.